The van der Waals surface area contributed by atoms with E-state index in [4.69, 9.17) is 12.2 Å². The maximum atomic E-state index is 12.8. The topological polar surface area (TPSA) is 70.5 Å². The van der Waals surface area contributed by atoms with Gasteiger partial charge in [-0.25, -0.2) is 15.0 Å². The zero-order valence-electron chi connectivity index (χ0n) is 23.0. The van der Waals surface area contributed by atoms with Crippen LogP contribution in [0.3, 0.4) is 0 Å². The average Bonchev–Trinajstić information content (AvgIpc) is 3.51. The smallest absolute Gasteiger partial charge is 0.257 e. The molecule has 0 fully saturated rings. The van der Waals surface area contributed by atoms with Crippen LogP contribution >= 0.6 is 12.2 Å². The fraction of sp³-hybridized carbons (Fsp3) is 0.367. The van der Waals surface area contributed by atoms with Gasteiger partial charge in [0, 0.05) is 32.1 Å². The first-order valence-corrected chi connectivity index (χ1v) is 13.3. The van der Waals surface area contributed by atoms with Crippen LogP contribution in [0.4, 0.5) is 0 Å². The predicted octanol–water partition coefficient (Wildman–Crippen LogP) is 6.79. The Balaban J connectivity index is 1.45. The monoisotopic (exact) mass is 528 g/mol. The number of aryl methyl sites for hydroxylation is 1. The SMILES string of the molecule is CC(C=CC1=C(C)C(Cn2ccnc2)CCC1(C)C)=CC=CC(C)=CC(=O)n1cnc2c(ncn2C)c1=S. The van der Waals surface area contributed by atoms with E-state index in [0.717, 1.165) is 24.1 Å². The Kier molecular flexibility index (Phi) is 8.21. The molecule has 0 aromatic carbocycles. The molecule has 8 heteroatoms. The van der Waals surface area contributed by atoms with Crippen LogP contribution in [-0.2, 0) is 13.6 Å². The van der Waals surface area contributed by atoms with E-state index in [-0.39, 0.29) is 11.3 Å². The molecular weight excluding hydrogens is 492 g/mol. The number of aromatic nitrogens is 6. The van der Waals surface area contributed by atoms with Crippen molar-refractivity contribution in [2.75, 3.05) is 0 Å². The molecule has 0 saturated heterocycles. The lowest BCUT2D eigenvalue weighted by Crippen LogP contribution is -2.26. The van der Waals surface area contributed by atoms with Crippen molar-refractivity contribution >= 4 is 29.3 Å². The number of allylic oxidation sites excluding steroid dienone is 10. The lowest BCUT2D eigenvalue weighted by molar-refractivity contribution is 0.0965. The highest BCUT2D eigenvalue weighted by molar-refractivity contribution is 7.71. The van der Waals surface area contributed by atoms with Crippen LogP contribution in [0.15, 0.2) is 90.1 Å². The summed E-state index contributed by atoms with van der Waals surface area (Å²) in [6, 6.07) is 0. The minimum atomic E-state index is -0.245. The molecule has 38 heavy (non-hydrogen) atoms. The summed E-state index contributed by atoms with van der Waals surface area (Å²) in [6.07, 6.45) is 23.2. The second-order valence-corrected chi connectivity index (χ2v) is 11.1. The van der Waals surface area contributed by atoms with Gasteiger partial charge in [0.05, 0.1) is 12.7 Å². The average molecular weight is 529 g/mol. The molecule has 4 rings (SSSR count). The largest absolute Gasteiger partial charge is 0.337 e. The van der Waals surface area contributed by atoms with Gasteiger partial charge in [-0.1, -0.05) is 67.6 Å². The summed E-state index contributed by atoms with van der Waals surface area (Å²) >= 11 is 5.45. The summed E-state index contributed by atoms with van der Waals surface area (Å²) in [5.74, 6) is 0.276. The molecule has 1 aliphatic carbocycles. The van der Waals surface area contributed by atoms with Crippen molar-refractivity contribution < 1.29 is 4.79 Å². The normalized spacial score (nSPS) is 18.8. The van der Waals surface area contributed by atoms with Crippen LogP contribution in [0, 0.1) is 16.0 Å². The van der Waals surface area contributed by atoms with Crippen molar-refractivity contribution in [1.82, 2.24) is 28.7 Å². The number of imidazole rings is 2. The zero-order valence-corrected chi connectivity index (χ0v) is 23.9. The van der Waals surface area contributed by atoms with Crippen molar-refractivity contribution in [1.29, 1.82) is 0 Å². The van der Waals surface area contributed by atoms with Crippen molar-refractivity contribution in [2.24, 2.45) is 18.4 Å². The summed E-state index contributed by atoms with van der Waals surface area (Å²) < 4.78 is 5.66. The molecule has 0 N–H and O–H groups in total. The standard InChI is InChI=1S/C30H36N6OS/c1-21(10-11-25-23(3)24(12-13-30(25,4)5)17-35-15-14-31-18-35)8-7-9-22(2)16-26(37)36-20-33-28-27(29(36)38)32-19-34(28)6/h7-11,14-16,18-20,24H,12-13,17H2,1-6H3. The van der Waals surface area contributed by atoms with Gasteiger partial charge in [0.25, 0.3) is 5.91 Å². The number of nitrogens with zero attached hydrogens (tertiary/aromatic N) is 6. The molecule has 1 unspecified atom stereocenters. The fourth-order valence-corrected chi connectivity index (χ4v) is 5.25. The Hall–Kier alpha value is -3.65. The Morgan fingerprint density at radius 2 is 1.95 bits per heavy atom. The number of rotatable bonds is 7. The molecule has 0 bridgehead atoms. The van der Waals surface area contributed by atoms with E-state index < -0.39 is 0 Å². The zero-order chi connectivity index (χ0) is 27.4. The van der Waals surface area contributed by atoms with Gasteiger partial charge >= 0.3 is 0 Å². The first kappa shape index (κ1) is 27.4. The van der Waals surface area contributed by atoms with Gasteiger partial charge in [0.2, 0.25) is 0 Å². The molecule has 3 aromatic rings. The highest BCUT2D eigenvalue weighted by Gasteiger charge is 2.31. The van der Waals surface area contributed by atoms with E-state index in [1.54, 1.807) is 17.0 Å². The number of hydrogen-bond donors (Lipinski definition) is 0. The third kappa shape index (κ3) is 6.07. The second kappa shape index (κ2) is 11.4. The molecule has 0 aliphatic heterocycles. The molecule has 7 nitrogen and oxygen atoms in total. The van der Waals surface area contributed by atoms with Gasteiger partial charge in [0.15, 0.2) is 5.65 Å². The van der Waals surface area contributed by atoms with Gasteiger partial charge in [-0.05, 0) is 56.1 Å². The number of fused-ring (bicyclic) bond motifs is 1. The Labute approximate surface area is 229 Å². The molecule has 0 radical (unpaired) electrons. The van der Waals surface area contributed by atoms with Crippen LogP contribution in [0.2, 0.25) is 0 Å². The predicted molar refractivity (Wildman–Crippen MR) is 155 cm³/mol. The molecule has 0 saturated carbocycles. The van der Waals surface area contributed by atoms with E-state index in [1.807, 2.05) is 44.8 Å². The first-order chi connectivity index (χ1) is 18.1. The second-order valence-electron chi connectivity index (χ2n) is 10.8. The van der Waals surface area contributed by atoms with E-state index in [1.165, 1.54) is 28.5 Å². The van der Waals surface area contributed by atoms with Gasteiger partial charge in [-0.15, -0.1) is 0 Å². The number of carbonyl (C=O) groups is 1. The summed E-state index contributed by atoms with van der Waals surface area (Å²) in [7, 11) is 1.84. The van der Waals surface area contributed by atoms with Crippen molar-refractivity contribution in [3.8, 4) is 0 Å². The van der Waals surface area contributed by atoms with E-state index in [2.05, 4.69) is 65.4 Å². The first-order valence-electron chi connectivity index (χ1n) is 12.9. The van der Waals surface area contributed by atoms with Crippen LogP contribution < -0.4 is 0 Å². The van der Waals surface area contributed by atoms with Gasteiger partial charge in [0.1, 0.15) is 16.5 Å². The van der Waals surface area contributed by atoms with E-state index in [0.29, 0.717) is 21.7 Å². The number of carbonyl (C=O) groups excluding carboxylic acids is 1. The molecule has 198 valence electrons. The minimum absolute atomic E-state index is 0.149. The summed E-state index contributed by atoms with van der Waals surface area (Å²) in [5.41, 5.74) is 6.19. The highest BCUT2D eigenvalue weighted by Crippen LogP contribution is 2.44. The summed E-state index contributed by atoms with van der Waals surface area (Å²) in [6.45, 7) is 11.9. The van der Waals surface area contributed by atoms with Crippen LogP contribution in [0.5, 0.6) is 0 Å². The Bertz CT molecular complexity index is 1540. The van der Waals surface area contributed by atoms with E-state index >= 15 is 0 Å². The third-order valence-corrected chi connectivity index (χ3v) is 7.71. The Morgan fingerprint density at radius 3 is 2.68 bits per heavy atom. The lowest BCUT2D eigenvalue weighted by Gasteiger charge is -2.37. The van der Waals surface area contributed by atoms with Crippen molar-refractivity contribution in [3.05, 3.63) is 94.8 Å². The molecule has 1 aliphatic rings. The third-order valence-electron chi connectivity index (χ3n) is 7.32. The number of hydrogen-bond acceptors (Lipinski definition) is 5. The molecule has 0 amide bonds. The van der Waals surface area contributed by atoms with Crippen LogP contribution in [-0.4, -0.2) is 34.6 Å². The summed E-state index contributed by atoms with van der Waals surface area (Å²) in [5, 5.41) is 0. The highest BCUT2D eigenvalue weighted by atomic mass is 32.1. The maximum Gasteiger partial charge on any atom is 0.257 e. The molecule has 3 aromatic heterocycles. The summed E-state index contributed by atoms with van der Waals surface area (Å²) in [4.78, 5) is 25.6. The van der Waals surface area contributed by atoms with Crippen LogP contribution in [0.1, 0.15) is 52.3 Å². The maximum absolute atomic E-state index is 12.8. The molecule has 3 heterocycles. The van der Waals surface area contributed by atoms with Crippen molar-refractivity contribution in [3.63, 3.8) is 0 Å². The van der Waals surface area contributed by atoms with Gasteiger partial charge in [-0.3, -0.25) is 9.36 Å². The van der Waals surface area contributed by atoms with Crippen molar-refractivity contribution in [2.45, 2.75) is 54.0 Å². The molecule has 0 spiro atoms. The molecular formula is C30H36N6OS. The quantitative estimate of drug-likeness (QED) is 0.192. The Morgan fingerprint density at radius 1 is 1.16 bits per heavy atom. The fourth-order valence-electron chi connectivity index (χ4n) is 4.97. The van der Waals surface area contributed by atoms with Gasteiger partial charge < -0.3 is 9.13 Å². The van der Waals surface area contributed by atoms with E-state index in [9.17, 15) is 4.79 Å². The van der Waals surface area contributed by atoms with Crippen LogP contribution in [0.25, 0.3) is 11.2 Å². The van der Waals surface area contributed by atoms with Gasteiger partial charge in [-0.2, -0.15) is 0 Å². The lowest BCUT2D eigenvalue weighted by atomic mass is 9.68. The molecule has 1 atom stereocenters. The minimum Gasteiger partial charge on any atom is -0.337 e.